The van der Waals surface area contributed by atoms with E-state index in [1.54, 1.807) is 0 Å². The molecule has 0 saturated heterocycles. The molecule has 0 unspecified atom stereocenters. The zero-order chi connectivity index (χ0) is 34.1. The summed E-state index contributed by atoms with van der Waals surface area (Å²) in [7, 11) is 0. The van der Waals surface area contributed by atoms with Crippen LogP contribution in [0.15, 0.2) is 183 Å². The van der Waals surface area contributed by atoms with Gasteiger partial charge in [0.2, 0.25) is 0 Å². The van der Waals surface area contributed by atoms with Crippen LogP contribution >= 0.6 is 11.3 Å². The number of rotatable bonds is 6. The van der Waals surface area contributed by atoms with Crippen molar-refractivity contribution in [2.24, 2.45) is 0 Å². The Labute approximate surface area is 299 Å². The molecule has 0 fully saturated rings. The van der Waals surface area contributed by atoms with Crippen molar-refractivity contribution < 1.29 is 0 Å². The number of allylic oxidation sites excluding steroid dienone is 4. The number of benzene rings is 7. The van der Waals surface area contributed by atoms with Crippen molar-refractivity contribution in [3.8, 4) is 27.9 Å². The summed E-state index contributed by atoms with van der Waals surface area (Å²) >= 11 is 1.92. The third kappa shape index (κ3) is 4.42. The molecule has 240 valence electrons. The van der Waals surface area contributed by atoms with E-state index in [4.69, 9.17) is 0 Å². The summed E-state index contributed by atoms with van der Waals surface area (Å²) in [6.45, 7) is 8.21. The average Bonchev–Trinajstić information content (AvgIpc) is 3.85. The van der Waals surface area contributed by atoms with E-state index in [0.717, 1.165) is 22.4 Å². The molecule has 10 rings (SSSR count). The van der Waals surface area contributed by atoms with Crippen molar-refractivity contribution >= 4 is 80.8 Å². The molecule has 0 atom stereocenters. The van der Waals surface area contributed by atoms with E-state index in [2.05, 4.69) is 174 Å². The highest BCUT2D eigenvalue weighted by atomic mass is 32.1. The van der Waals surface area contributed by atoms with Gasteiger partial charge in [0, 0.05) is 53.1 Å². The van der Waals surface area contributed by atoms with Gasteiger partial charge in [0.15, 0.2) is 0 Å². The van der Waals surface area contributed by atoms with Crippen molar-refractivity contribution in [1.82, 2.24) is 9.13 Å². The summed E-state index contributed by atoms with van der Waals surface area (Å²) in [5, 5.41) is 7.62. The Balaban J connectivity index is 1.36. The topological polar surface area (TPSA) is 9.86 Å². The second kappa shape index (κ2) is 11.6. The van der Waals surface area contributed by atoms with Crippen LogP contribution < -0.4 is 0 Å². The number of aromatic nitrogens is 2. The fourth-order valence-electron chi connectivity index (χ4n) is 8.01. The van der Waals surface area contributed by atoms with Crippen LogP contribution in [-0.2, 0) is 0 Å². The lowest BCUT2D eigenvalue weighted by Gasteiger charge is -2.09. The summed E-state index contributed by atoms with van der Waals surface area (Å²) in [4.78, 5) is 0. The molecule has 0 N–H and O–H groups in total. The van der Waals surface area contributed by atoms with Crippen molar-refractivity contribution in [3.05, 3.63) is 183 Å². The fraction of sp³-hybridized carbons (Fsp3) is 0. The lowest BCUT2D eigenvalue weighted by molar-refractivity contribution is 1.18. The van der Waals surface area contributed by atoms with Crippen molar-refractivity contribution in [3.63, 3.8) is 0 Å². The Hall–Kier alpha value is -6.42. The zero-order valence-corrected chi connectivity index (χ0v) is 28.7. The van der Waals surface area contributed by atoms with E-state index in [9.17, 15) is 0 Å². The molecule has 0 spiro atoms. The molecule has 0 aliphatic carbocycles. The van der Waals surface area contributed by atoms with Crippen molar-refractivity contribution in [2.45, 2.75) is 0 Å². The molecule has 0 saturated carbocycles. The second-order valence-electron chi connectivity index (χ2n) is 13.0. The van der Waals surface area contributed by atoms with E-state index in [1.165, 1.54) is 75.0 Å². The van der Waals surface area contributed by atoms with Gasteiger partial charge in [-0.15, -0.1) is 11.3 Å². The maximum Gasteiger partial charge on any atom is 0.0555 e. The average molecular weight is 669 g/mol. The van der Waals surface area contributed by atoms with Gasteiger partial charge in [-0.2, -0.15) is 0 Å². The smallest absolute Gasteiger partial charge is 0.0555 e. The molecule has 0 bridgehead atoms. The molecule has 0 radical (unpaired) electrons. The van der Waals surface area contributed by atoms with Gasteiger partial charge in [-0.1, -0.05) is 122 Å². The van der Waals surface area contributed by atoms with E-state index >= 15 is 0 Å². The lowest BCUT2D eigenvalue weighted by atomic mass is 10.0. The Morgan fingerprint density at radius 2 is 0.980 bits per heavy atom. The van der Waals surface area contributed by atoms with Crippen LogP contribution in [0.1, 0.15) is 0 Å². The minimum absolute atomic E-state index is 1.000. The van der Waals surface area contributed by atoms with Gasteiger partial charge in [-0.05, 0) is 82.9 Å². The standard InChI is InChI=1S/C48H32N2S/c1-3-14-35(4-2)49-41-25-21-33(31-15-8-5-9-16-31)29-39(41)45-43(49)27-23-37-38-24-28-44-46(48(38)51-47(37)45)40-30-34(32-17-10-6-11-18-32)22-26-42(40)50(44)36-19-12-7-13-20-36/h3-30H,1-2H2/b35-14+. The Morgan fingerprint density at radius 1 is 0.471 bits per heavy atom. The van der Waals surface area contributed by atoms with Crippen molar-refractivity contribution in [1.29, 1.82) is 0 Å². The van der Waals surface area contributed by atoms with E-state index in [1.807, 2.05) is 29.6 Å². The summed E-state index contributed by atoms with van der Waals surface area (Å²) in [6.07, 6.45) is 5.80. The lowest BCUT2D eigenvalue weighted by Crippen LogP contribution is -1.93. The van der Waals surface area contributed by atoms with Gasteiger partial charge in [0.05, 0.1) is 22.1 Å². The predicted octanol–water partition coefficient (Wildman–Crippen LogP) is 13.8. The molecule has 3 aromatic heterocycles. The van der Waals surface area contributed by atoms with Crippen LogP contribution in [0.5, 0.6) is 0 Å². The number of nitrogens with zero attached hydrogens (tertiary/aromatic N) is 2. The summed E-state index contributed by atoms with van der Waals surface area (Å²) in [6, 6.07) is 55.2. The third-order valence-electron chi connectivity index (χ3n) is 10.2. The van der Waals surface area contributed by atoms with E-state index < -0.39 is 0 Å². The monoisotopic (exact) mass is 668 g/mol. The van der Waals surface area contributed by atoms with Crippen LogP contribution in [0.25, 0.3) is 97.4 Å². The first-order valence-corrected chi connectivity index (χ1v) is 18.1. The molecule has 2 nitrogen and oxygen atoms in total. The van der Waals surface area contributed by atoms with Gasteiger partial charge in [0.25, 0.3) is 0 Å². The van der Waals surface area contributed by atoms with Gasteiger partial charge < -0.3 is 9.13 Å². The molecule has 3 heterocycles. The molecule has 51 heavy (non-hydrogen) atoms. The molecule has 0 aliphatic heterocycles. The Morgan fingerprint density at radius 3 is 1.57 bits per heavy atom. The molecule has 3 heteroatoms. The summed E-state index contributed by atoms with van der Waals surface area (Å²) < 4.78 is 7.37. The van der Waals surface area contributed by atoms with Crippen LogP contribution in [0, 0.1) is 0 Å². The van der Waals surface area contributed by atoms with Gasteiger partial charge in [-0.3, -0.25) is 0 Å². The highest BCUT2D eigenvalue weighted by Gasteiger charge is 2.22. The number of hydrogen-bond donors (Lipinski definition) is 0. The second-order valence-corrected chi connectivity index (χ2v) is 14.0. The molecular formula is C48H32N2S. The third-order valence-corrected chi connectivity index (χ3v) is 11.5. The minimum Gasteiger partial charge on any atom is -0.309 e. The Bertz CT molecular complexity index is 3030. The molecule has 10 aromatic rings. The minimum atomic E-state index is 1.000. The first-order chi connectivity index (χ1) is 25.2. The Kier molecular flexibility index (Phi) is 6.70. The molecule has 0 aliphatic rings. The number of thiophene rings is 1. The largest absolute Gasteiger partial charge is 0.309 e. The van der Waals surface area contributed by atoms with Crippen LogP contribution in [0.4, 0.5) is 0 Å². The van der Waals surface area contributed by atoms with Crippen LogP contribution in [-0.4, -0.2) is 9.13 Å². The van der Waals surface area contributed by atoms with Crippen molar-refractivity contribution in [2.75, 3.05) is 0 Å². The first kappa shape index (κ1) is 29.5. The summed E-state index contributed by atoms with van der Waals surface area (Å²) in [5.41, 5.74) is 11.8. The van der Waals surface area contributed by atoms with E-state index in [-0.39, 0.29) is 0 Å². The quantitative estimate of drug-likeness (QED) is 0.156. The number of hydrogen-bond acceptors (Lipinski definition) is 1. The number of para-hydroxylation sites is 1. The van der Waals surface area contributed by atoms with Gasteiger partial charge >= 0.3 is 0 Å². The van der Waals surface area contributed by atoms with Gasteiger partial charge in [0.1, 0.15) is 0 Å². The number of fused-ring (bicyclic) bond motifs is 11. The highest BCUT2D eigenvalue weighted by Crippen LogP contribution is 2.48. The fourth-order valence-corrected chi connectivity index (χ4v) is 9.42. The molecule has 7 aromatic carbocycles. The highest BCUT2D eigenvalue weighted by molar-refractivity contribution is 7.27. The maximum atomic E-state index is 4.19. The summed E-state index contributed by atoms with van der Waals surface area (Å²) in [5.74, 6) is 0. The van der Waals surface area contributed by atoms with E-state index in [0.29, 0.717) is 0 Å². The molecular weight excluding hydrogens is 637 g/mol. The SMILES string of the molecule is C=C/C=C(\C=C)n1c2ccc(-c3ccccc3)cc2c2c3sc4c(ccc5c4c4cc(-c6ccccc6)ccc4n5-c4ccccc4)c3ccc21. The maximum absolute atomic E-state index is 4.19. The predicted molar refractivity (Wildman–Crippen MR) is 222 cm³/mol. The van der Waals surface area contributed by atoms with Gasteiger partial charge in [-0.25, -0.2) is 0 Å². The van der Waals surface area contributed by atoms with Crippen LogP contribution in [0.3, 0.4) is 0 Å². The normalized spacial score (nSPS) is 12.2. The first-order valence-electron chi connectivity index (χ1n) is 17.3. The van der Waals surface area contributed by atoms with Crippen LogP contribution in [0.2, 0.25) is 0 Å². The molecule has 0 amide bonds. The zero-order valence-electron chi connectivity index (χ0n) is 27.9.